The maximum absolute atomic E-state index is 12.1. The van der Waals surface area contributed by atoms with E-state index >= 15 is 0 Å². The van der Waals surface area contributed by atoms with Gasteiger partial charge in [-0.1, -0.05) is 49.7 Å². The second kappa shape index (κ2) is 7.79. The first-order valence-electron chi connectivity index (χ1n) is 7.72. The molecule has 0 radical (unpaired) electrons. The van der Waals surface area contributed by atoms with E-state index in [2.05, 4.69) is 24.4 Å². The lowest BCUT2D eigenvalue weighted by Gasteiger charge is -2.14. The molecule has 0 bridgehead atoms. The van der Waals surface area contributed by atoms with E-state index in [9.17, 15) is 4.79 Å². The molecule has 0 aliphatic rings. The Kier molecular flexibility index (Phi) is 5.76. The molecule has 1 atom stereocenters. The van der Waals surface area contributed by atoms with Crippen molar-refractivity contribution in [1.29, 1.82) is 0 Å². The molecule has 0 aromatic heterocycles. The van der Waals surface area contributed by atoms with Crippen LogP contribution in [0.15, 0.2) is 42.5 Å². The predicted molar refractivity (Wildman–Crippen MR) is 89.3 cm³/mol. The molecular formula is C18H24N2O. The van der Waals surface area contributed by atoms with Crippen LogP contribution in [0.5, 0.6) is 0 Å². The van der Waals surface area contributed by atoms with Crippen LogP contribution in [-0.4, -0.2) is 12.5 Å². The molecule has 0 aliphatic heterocycles. The molecule has 0 spiro atoms. The van der Waals surface area contributed by atoms with E-state index in [0.29, 0.717) is 18.9 Å². The van der Waals surface area contributed by atoms with E-state index in [1.54, 1.807) is 0 Å². The maximum atomic E-state index is 12.1. The number of amides is 1. The van der Waals surface area contributed by atoms with Crippen molar-refractivity contribution in [2.45, 2.75) is 32.6 Å². The van der Waals surface area contributed by atoms with E-state index < -0.39 is 0 Å². The van der Waals surface area contributed by atoms with Gasteiger partial charge in [0, 0.05) is 17.5 Å². The lowest BCUT2D eigenvalue weighted by molar-refractivity contribution is -0.116. The highest BCUT2D eigenvalue weighted by atomic mass is 16.1. The summed E-state index contributed by atoms with van der Waals surface area (Å²) in [6, 6.07) is 14.1. The zero-order chi connectivity index (χ0) is 15.1. The molecule has 1 unspecified atom stereocenters. The third-order valence-electron chi connectivity index (χ3n) is 4.00. The van der Waals surface area contributed by atoms with Gasteiger partial charge >= 0.3 is 0 Å². The Morgan fingerprint density at radius 1 is 1.14 bits per heavy atom. The van der Waals surface area contributed by atoms with Crippen LogP contribution in [0, 0.1) is 5.92 Å². The van der Waals surface area contributed by atoms with Gasteiger partial charge in [-0.15, -0.1) is 0 Å². The lowest BCUT2D eigenvalue weighted by Crippen LogP contribution is -2.15. The molecule has 0 heterocycles. The Balaban J connectivity index is 1.98. The first kappa shape index (κ1) is 15.5. The summed E-state index contributed by atoms with van der Waals surface area (Å²) in [5.74, 6) is 0.634. The van der Waals surface area contributed by atoms with Gasteiger partial charge in [0.05, 0.1) is 0 Å². The summed E-state index contributed by atoms with van der Waals surface area (Å²) in [7, 11) is 0. The number of nitrogens with two attached hydrogens (primary N) is 1. The summed E-state index contributed by atoms with van der Waals surface area (Å²) in [5, 5.41) is 5.27. The smallest absolute Gasteiger partial charge is 0.224 e. The van der Waals surface area contributed by atoms with Crippen molar-refractivity contribution >= 4 is 22.4 Å². The summed E-state index contributed by atoms with van der Waals surface area (Å²) >= 11 is 0. The first-order chi connectivity index (χ1) is 10.2. The third kappa shape index (κ3) is 4.30. The topological polar surface area (TPSA) is 55.1 Å². The number of fused-ring (bicyclic) bond motifs is 1. The molecule has 2 aromatic carbocycles. The fourth-order valence-electron chi connectivity index (χ4n) is 2.67. The van der Waals surface area contributed by atoms with Crippen LogP contribution in [0.2, 0.25) is 0 Å². The summed E-state index contributed by atoms with van der Waals surface area (Å²) < 4.78 is 0. The number of carbonyl (C=O) groups excluding carboxylic acids is 1. The zero-order valence-electron chi connectivity index (χ0n) is 12.6. The molecule has 3 heteroatoms. The number of benzene rings is 2. The highest BCUT2D eigenvalue weighted by molar-refractivity contribution is 6.02. The van der Waals surface area contributed by atoms with Gasteiger partial charge in [0.15, 0.2) is 0 Å². The van der Waals surface area contributed by atoms with Crippen LogP contribution in [0.1, 0.15) is 32.6 Å². The van der Waals surface area contributed by atoms with Gasteiger partial charge in [-0.3, -0.25) is 4.79 Å². The molecule has 0 saturated heterocycles. The summed E-state index contributed by atoms with van der Waals surface area (Å²) in [5.41, 5.74) is 6.49. The number of rotatable bonds is 7. The van der Waals surface area contributed by atoms with Gasteiger partial charge in [-0.05, 0) is 36.8 Å². The van der Waals surface area contributed by atoms with Crippen molar-refractivity contribution in [3.8, 4) is 0 Å². The fraction of sp³-hybridized carbons (Fsp3) is 0.389. The van der Waals surface area contributed by atoms with Gasteiger partial charge in [-0.25, -0.2) is 0 Å². The SMILES string of the molecule is CCC(CCN)CCC(=O)Nc1cccc2ccccc12. The van der Waals surface area contributed by atoms with E-state index in [1.165, 1.54) is 0 Å². The van der Waals surface area contributed by atoms with E-state index in [-0.39, 0.29) is 5.91 Å². The molecular weight excluding hydrogens is 260 g/mol. The highest BCUT2D eigenvalue weighted by Crippen LogP contribution is 2.23. The zero-order valence-corrected chi connectivity index (χ0v) is 12.6. The summed E-state index contributed by atoms with van der Waals surface area (Å²) in [6.07, 6.45) is 3.54. The van der Waals surface area contributed by atoms with Gasteiger partial charge in [0.2, 0.25) is 5.91 Å². The van der Waals surface area contributed by atoms with Gasteiger partial charge < -0.3 is 11.1 Å². The molecule has 3 N–H and O–H groups in total. The highest BCUT2D eigenvalue weighted by Gasteiger charge is 2.10. The molecule has 1 amide bonds. The monoisotopic (exact) mass is 284 g/mol. The Labute approximate surface area is 126 Å². The third-order valence-corrected chi connectivity index (χ3v) is 4.00. The average Bonchev–Trinajstić information content (AvgIpc) is 2.52. The normalized spacial score (nSPS) is 12.3. The van der Waals surface area contributed by atoms with Crippen molar-refractivity contribution in [1.82, 2.24) is 0 Å². The number of hydrogen-bond acceptors (Lipinski definition) is 2. The lowest BCUT2D eigenvalue weighted by atomic mass is 9.96. The van der Waals surface area contributed by atoms with Crippen LogP contribution in [-0.2, 0) is 4.79 Å². The standard InChI is InChI=1S/C18H24N2O/c1-2-14(12-13-19)10-11-18(21)20-17-9-5-7-15-6-3-4-8-16(15)17/h3-9,14H,2,10-13,19H2,1H3,(H,20,21). The molecule has 2 aromatic rings. The van der Waals surface area contributed by atoms with Crippen molar-refractivity contribution in [3.63, 3.8) is 0 Å². The van der Waals surface area contributed by atoms with Gasteiger partial charge in [0.25, 0.3) is 0 Å². The molecule has 3 nitrogen and oxygen atoms in total. The Bertz CT molecular complexity index is 589. The fourth-order valence-corrected chi connectivity index (χ4v) is 2.67. The van der Waals surface area contributed by atoms with Crippen molar-refractivity contribution < 1.29 is 4.79 Å². The van der Waals surface area contributed by atoms with E-state index in [4.69, 9.17) is 5.73 Å². The van der Waals surface area contributed by atoms with E-state index in [1.807, 2.05) is 30.3 Å². The van der Waals surface area contributed by atoms with Gasteiger partial charge in [0.1, 0.15) is 0 Å². The Morgan fingerprint density at radius 3 is 2.67 bits per heavy atom. The minimum absolute atomic E-state index is 0.0850. The van der Waals surface area contributed by atoms with Gasteiger partial charge in [-0.2, -0.15) is 0 Å². The molecule has 21 heavy (non-hydrogen) atoms. The molecule has 112 valence electrons. The number of carbonyl (C=O) groups is 1. The van der Waals surface area contributed by atoms with Crippen molar-refractivity contribution in [3.05, 3.63) is 42.5 Å². The van der Waals surface area contributed by atoms with Crippen LogP contribution < -0.4 is 11.1 Å². The predicted octanol–water partition coefficient (Wildman–Crippen LogP) is 3.93. The minimum atomic E-state index is 0.0850. The number of nitrogens with one attached hydrogen (secondary N) is 1. The van der Waals surface area contributed by atoms with Crippen LogP contribution in [0.4, 0.5) is 5.69 Å². The number of anilines is 1. The Morgan fingerprint density at radius 2 is 1.90 bits per heavy atom. The minimum Gasteiger partial charge on any atom is -0.330 e. The van der Waals surface area contributed by atoms with Crippen LogP contribution >= 0.6 is 0 Å². The average molecular weight is 284 g/mol. The largest absolute Gasteiger partial charge is 0.330 e. The quantitative estimate of drug-likeness (QED) is 0.809. The van der Waals surface area contributed by atoms with E-state index in [0.717, 1.165) is 35.7 Å². The van der Waals surface area contributed by atoms with Crippen molar-refractivity contribution in [2.75, 3.05) is 11.9 Å². The Hall–Kier alpha value is -1.87. The second-order valence-electron chi connectivity index (χ2n) is 5.47. The van der Waals surface area contributed by atoms with Crippen molar-refractivity contribution in [2.24, 2.45) is 11.7 Å². The first-order valence-corrected chi connectivity index (χ1v) is 7.72. The van der Waals surface area contributed by atoms with Crippen LogP contribution in [0.25, 0.3) is 10.8 Å². The summed E-state index contributed by atoms with van der Waals surface area (Å²) in [6.45, 7) is 2.85. The molecule has 0 aliphatic carbocycles. The summed E-state index contributed by atoms with van der Waals surface area (Å²) in [4.78, 5) is 12.1. The molecule has 2 rings (SSSR count). The molecule has 0 saturated carbocycles. The number of hydrogen-bond donors (Lipinski definition) is 2. The molecule has 0 fully saturated rings. The maximum Gasteiger partial charge on any atom is 0.224 e. The second-order valence-corrected chi connectivity index (χ2v) is 5.47. The van der Waals surface area contributed by atoms with Crippen LogP contribution in [0.3, 0.4) is 0 Å².